The van der Waals surface area contributed by atoms with Crippen molar-refractivity contribution in [2.24, 2.45) is 0 Å². The van der Waals surface area contributed by atoms with Crippen LogP contribution in [-0.2, 0) is 33.3 Å². The Morgan fingerprint density at radius 1 is 1.23 bits per heavy atom. The smallest absolute Gasteiger partial charge is 0.335 e. The summed E-state index contributed by atoms with van der Waals surface area (Å²) in [5.74, 6) is -9.23. The van der Waals surface area contributed by atoms with Gasteiger partial charge in [0.2, 0.25) is 0 Å². The lowest BCUT2D eigenvalue weighted by molar-refractivity contribution is -0.282. The molecular weight excluding hydrogens is 304 g/mol. The van der Waals surface area contributed by atoms with E-state index >= 15 is 0 Å². The number of hydrogen-bond acceptors (Lipinski definition) is 10. The first-order valence-corrected chi connectivity index (χ1v) is 5.67. The summed E-state index contributed by atoms with van der Waals surface area (Å²) in [5, 5.41) is 29.8. The van der Waals surface area contributed by atoms with Gasteiger partial charge in [-0.15, -0.1) is 0 Å². The molecule has 1 aliphatic rings. The molecule has 0 aromatic rings. The van der Waals surface area contributed by atoms with Crippen LogP contribution in [0, 0.1) is 0 Å². The molecule has 0 saturated carbocycles. The number of aliphatic hydroxyl groups excluding tert-OH is 2. The molecule has 0 unspecified atom stereocenters. The molecule has 1 rings (SSSR count). The molecule has 1 heterocycles. The highest BCUT2D eigenvalue weighted by Gasteiger charge is 2.57. The van der Waals surface area contributed by atoms with E-state index in [-0.39, 0.29) is 0 Å². The maximum atomic E-state index is 11.4. The third kappa shape index (κ3) is 3.72. The second kappa shape index (κ2) is 6.73. The average Bonchev–Trinajstić information content (AvgIpc) is 2.60. The van der Waals surface area contributed by atoms with E-state index in [0.29, 0.717) is 0 Å². The summed E-state index contributed by atoms with van der Waals surface area (Å²) >= 11 is 0. The van der Waals surface area contributed by atoms with E-state index in [9.17, 15) is 29.7 Å². The van der Waals surface area contributed by atoms with Gasteiger partial charge in [0.25, 0.3) is 5.76 Å². The monoisotopic (exact) mass is 323 g/mol. The van der Waals surface area contributed by atoms with Crippen LogP contribution in [0.5, 0.6) is 0 Å². The fraction of sp³-hybridized carbons (Fsp3) is 0.583. The molecule has 0 spiro atoms. The van der Waals surface area contributed by atoms with Crippen LogP contribution < -0.4 is 0 Å². The zero-order valence-electron chi connectivity index (χ0n) is 14.2. The quantitative estimate of drug-likeness (QED) is 0.310. The molecule has 0 aromatic carbocycles. The summed E-state index contributed by atoms with van der Waals surface area (Å²) in [4.78, 5) is 34.1. The maximum Gasteiger partial charge on any atom is 0.335 e. The Kier molecular flexibility index (Phi) is 4.13. The summed E-state index contributed by atoms with van der Waals surface area (Å²) in [7, 11) is 0. The van der Waals surface area contributed by atoms with E-state index in [1.807, 2.05) is 0 Å². The number of esters is 3. The molecule has 10 nitrogen and oxygen atoms in total. The lowest BCUT2D eigenvalue weighted by Gasteiger charge is -2.39. The molecule has 3 atom stereocenters. The number of hydrogen-bond donors (Lipinski definition) is 3. The molecule has 0 bridgehead atoms. The summed E-state index contributed by atoms with van der Waals surface area (Å²) in [6.07, 6.45) is -3.87. The van der Waals surface area contributed by atoms with Gasteiger partial charge in [-0.1, -0.05) is 0 Å². The Balaban J connectivity index is 3.44. The molecule has 124 valence electrons. The molecular formula is C12H16O10. The van der Waals surface area contributed by atoms with E-state index in [4.69, 9.17) is 8.85 Å². The molecule has 0 fully saturated rings. The van der Waals surface area contributed by atoms with Crippen molar-refractivity contribution in [3.05, 3.63) is 11.7 Å². The largest absolute Gasteiger partial charge is 0.454 e. The van der Waals surface area contributed by atoms with Crippen LogP contribution in [0.2, 0.25) is 0 Å². The molecule has 0 saturated heterocycles. The van der Waals surface area contributed by atoms with Crippen molar-refractivity contribution >= 4 is 17.9 Å². The van der Waals surface area contributed by atoms with E-state index in [2.05, 4.69) is 14.2 Å². The van der Waals surface area contributed by atoms with Crippen molar-refractivity contribution in [3.63, 3.8) is 0 Å². The molecule has 0 aromatic heterocycles. The van der Waals surface area contributed by atoms with Gasteiger partial charge in [-0.3, -0.25) is 14.4 Å². The first-order chi connectivity index (χ1) is 11.7. The maximum absolute atomic E-state index is 11.4. The van der Waals surface area contributed by atoms with Gasteiger partial charge in [-0.25, -0.2) is 0 Å². The van der Waals surface area contributed by atoms with Gasteiger partial charge in [0, 0.05) is 24.8 Å². The van der Waals surface area contributed by atoms with Crippen LogP contribution in [0.15, 0.2) is 11.7 Å². The Hall–Kier alpha value is -2.17. The molecule has 0 aliphatic carbocycles. The van der Waals surface area contributed by atoms with Crippen LogP contribution in [-0.4, -0.2) is 57.8 Å². The minimum atomic E-state index is -3.15. The van der Waals surface area contributed by atoms with Gasteiger partial charge >= 0.3 is 29.6 Å². The first kappa shape index (κ1) is 13.5. The zero-order valence-corrected chi connectivity index (χ0v) is 11.2. The van der Waals surface area contributed by atoms with Gasteiger partial charge in [-0.2, -0.15) is 0 Å². The molecule has 1 aliphatic heterocycles. The van der Waals surface area contributed by atoms with Crippen molar-refractivity contribution in [1.82, 2.24) is 0 Å². The third-order valence-electron chi connectivity index (χ3n) is 2.39. The molecule has 0 amide bonds. The Bertz CT molecular complexity index is 565. The topological polar surface area (TPSA) is 149 Å². The molecule has 22 heavy (non-hydrogen) atoms. The Morgan fingerprint density at radius 2 is 1.82 bits per heavy atom. The number of aliphatic hydroxyl groups is 3. The summed E-state index contributed by atoms with van der Waals surface area (Å²) in [6, 6.07) is 0. The predicted octanol–water partition coefficient (Wildman–Crippen LogP) is -1.71. The zero-order chi connectivity index (χ0) is 19.2. The lowest BCUT2D eigenvalue weighted by Crippen LogP contribution is -2.59. The van der Waals surface area contributed by atoms with Gasteiger partial charge in [0.15, 0.2) is 12.2 Å². The van der Waals surface area contributed by atoms with E-state index in [1.165, 1.54) is 0 Å². The standard InChI is InChI=1S/C12H16O10/c1-5(14)19-10-11(20-6(2)15)21-8(4-13)9(17)12(10,18)22-7(3)16/h8-9,13,17-18H,4H2,1-3H3/t8-,9-,12-/m1/s1/i1D,2D,3D. The fourth-order valence-corrected chi connectivity index (χ4v) is 1.61. The van der Waals surface area contributed by atoms with Crippen molar-refractivity contribution < 1.29 is 52.8 Å². The van der Waals surface area contributed by atoms with Crippen LogP contribution in [0.25, 0.3) is 0 Å². The molecule has 0 radical (unpaired) electrons. The SMILES string of the molecule is [2H]CC(=O)OC1=C(OC(=O)C[2H])[C@](O)(OC(=O)C[2H])[C@H](O)[C@@H](CO)O1. The van der Waals surface area contributed by atoms with Crippen LogP contribution in [0.3, 0.4) is 0 Å². The van der Waals surface area contributed by atoms with Crippen molar-refractivity contribution in [1.29, 1.82) is 0 Å². The second-order valence-corrected chi connectivity index (χ2v) is 4.02. The van der Waals surface area contributed by atoms with Crippen molar-refractivity contribution in [3.8, 4) is 0 Å². The average molecular weight is 323 g/mol. The number of ether oxygens (including phenoxy) is 4. The van der Waals surface area contributed by atoms with Crippen LogP contribution in [0.4, 0.5) is 0 Å². The minimum absolute atomic E-state index is 0.899. The highest BCUT2D eigenvalue weighted by Crippen LogP contribution is 2.36. The van der Waals surface area contributed by atoms with Gasteiger partial charge in [0.05, 0.1) is 6.61 Å². The van der Waals surface area contributed by atoms with Crippen LogP contribution >= 0.6 is 0 Å². The van der Waals surface area contributed by atoms with Gasteiger partial charge in [0.1, 0.15) is 0 Å². The summed E-state index contributed by atoms with van der Waals surface area (Å²) < 4.78 is 39.3. The third-order valence-corrected chi connectivity index (χ3v) is 2.39. The van der Waals surface area contributed by atoms with Crippen molar-refractivity contribution in [2.45, 2.75) is 38.7 Å². The Morgan fingerprint density at radius 3 is 2.36 bits per heavy atom. The number of carbonyl (C=O) groups excluding carboxylic acids is 3. The lowest BCUT2D eigenvalue weighted by atomic mass is 10.00. The normalized spacial score (nSPS) is 29.5. The highest BCUT2D eigenvalue weighted by molar-refractivity contribution is 5.70. The molecule has 10 heteroatoms. The first-order valence-electron chi connectivity index (χ1n) is 7.79. The summed E-state index contributed by atoms with van der Waals surface area (Å²) in [6.45, 7) is -3.78. The van der Waals surface area contributed by atoms with Gasteiger partial charge < -0.3 is 34.3 Å². The fourth-order valence-electron chi connectivity index (χ4n) is 1.61. The minimum Gasteiger partial charge on any atom is -0.454 e. The van der Waals surface area contributed by atoms with E-state index in [1.54, 1.807) is 0 Å². The van der Waals surface area contributed by atoms with E-state index < -0.39 is 74.9 Å². The summed E-state index contributed by atoms with van der Waals surface area (Å²) in [5.41, 5.74) is 0. The van der Waals surface area contributed by atoms with Crippen molar-refractivity contribution in [2.75, 3.05) is 6.61 Å². The second-order valence-electron chi connectivity index (χ2n) is 4.02. The molecule has 3 N–H and O–H groups in total. The Labute approximate surface area is 129 Å². The predicted molar refractivity (Wildman–Crippen MR) is 65.2 cm³/mol. The highest BCUT2D eigenvalue weighted by atomic mass is 16.7. The number of rotatable bonds is 4. The van der Waals surface area contributed by atoms with Gasteiger partial charge in [-0.05, 0) is 0 Å². The number of carbonyl (C=O) groups is 3. The van der Waals surface area contributed by atoms with E-state index in [0.717, 1.165) is 0 Å². The van der Waals surface area contributed by atoms with Crippen LogP contribution in [0.1, 0.15) is 24.8 Å².